The topological polar surface area (TPSA) is 43.4 Å². The minimum atomic E-state index is -3.62. The fourth-order valence-corrected chi connectivity index (χ4v) is 5.46. The highest BCUT2D eigenvalue weighted by Gasteiger charge is 2.28. The predicted octanol–water partition coefficient (Wildman–Crippen LogP) is 2.84. The number of rotatable bonds is 3. The molecule has 16 heavy (non-hydrogen) atoms. The Morgan fingerprint density at radius 3 is 1.88 bits per heavy atom. The SMILES string of the molecule is Cc1cccc(C)c1S(=O)(=O)O[Si](C)(C)C. The monoisotopic (exact) mass is 258 g/mol. The van der Waals surface area contributed by atoms with Crippen LogP contribution in [0, 0.1) is 13.8 Å². The summed E-state index contributed by atoms with van der Waals surface area (Å²) >= 11 is 0. The lowest BCUT2D eigenvalue weighted by molar-refractivity contribution is 0.484. The van der Waals surface area contributed by atoms with E-state index in [0.717, 1.165) is 11.1 Å². The largest absolute Gasteiger partial charge is 0.312 e. The molecule has 3 nitrogen and oxygen atoms in total. The Labute approximate surface area is 98.7 Å². The van der Waals surface area contributed by atoms with Crippen molar-refractivity contribution in [2.24, 2.45) is 0 Å². The van der Waals surface area contributed by atoms with Crippen LogP contribution < -0.4 is 0 Å². The maximum absolute atomic E-state index is 12.1. The Balaban J connectivity index is 3.29. The molecule has 0 aliphatic heterocycles. The second kappa shape index (κ2) is 4.31. The second-order valence-corrected chi connectivity index (χ2v) is 11.1. The van der Waals surface area contributed by atoms with E-state index >= 15 is 0 Å². The summed E-state index contributed by atoms with van der Waals surface area (Å²) in [5.41, 5.74) is 1.47. The van der Waals surface area contributed by atoms with Crippen LogP contribution in [0.15, 0.2) is 23.1 Å². The molecule has 0 atom stereocenters. The molecular formula is C11H18O3SSi. The highest BCUT2D eigenvalue weighted by atomic mass is 32.2. The van der Waals surface area contributed by atoms with Crippen molar-refractivity contribution in [2.45, 2.75) is 38.4 Å². The molecule has 90 valence electrons. The Morgan fingerprint density at radius 2 is 1.50 bits per heavy atom. The van der Waals surface area contributed by atoms with E-state index in [0.29, 0.717) is 4.90 Å². The lowest BCUT2D eigenvalue weighted by Crippen LogP contribution is -2.29. The Hall–Kier alpha value is -0.653. The minimum Gasteiger partial charge on any atom is -0.312 e. The first-order valence-corrected chi connectivity index (χ1v) is 9.97. The molecule has 0 aromatic heterocycles. The van der Waals surface area contributed by atoms with E-state index in [1.165, 1.54) is 0 Å². The van der Waals surface area contributed by atoms with E-state index < -0.39 is 18.4 Å². The van der Waals surface area contributed by atoms with Crippen molar-refractivity contribution >= 4 is 18.4 Å². The van der Waals surface area contributed by atoms with Crippen LogP contribution in [0.25, 0.3) is 0 Å². The van der Waals surface area contributed by atoms with E-state index in [2.05, 4.69) is 0 Å². The van der Waals surface area contributed by atoms with Gasteiger partial charge in [0.2, 0.25) is 8.32 Å². The van der Waals surface area contributed by atoms with Crippen LogP contribution in [-0.4, -0.2) is 16.7 Å². The van der Waals surface area contributed by atoms with Crippen molar-refractivity contribution in [1.82, 2.24) is 0 Å². The first-order valence-electron chi connectivity index (χ1n) is 5.15. The van der Waals surface area contributed by atoms with Gasteiger partial charge in [0.05, 0.1) is 4.90 Å². The zero-order valence-electron chi connectivity index (χ0n) is 10.4. The average Bonchev–Trinajstić information content (AvgIpc) is 1.97. The van der Waals surface area contributed by atoms with Gasteiger partial charge in [-0.05, 0) is 44.6 Å². The van der Waals surface area contributed by atoms with Crippen molar-refractivity contribution in [3.8, 4) is 0 Å². The molecule has 0 heterocycles. The van der Waals surface area contributed by atoms with Crippen LogP contribution in [-0.2, 0) is 14.0 Å². The highest BCUT2D eigenvalue weighted by molar-refractivity contribution is 7.88. The lowest BCUT2D eigenvalue weighted by Gasteiger charge is -2.18. The zero-order valence-corrected chi connectivity index (χ0v) is 12.2. The third kappa shape index (κ3) is 3.17. The van der Waals surface area contributed by atoms with E-state index in [1.54, 1.807) is 26.0 Å². The summed E-state index contributed by atoms with van der Waals surface area (Å²) < 4.78 is 29.5. The minimum absolute atomic E-state index is 0.317. The lowest BCUT2D eigenvalue weighted by atomic mass is 10.2. The molecule has 0 radical (unpaired) electrons. The summed E-state index contributed by atoms with van der Waals surface area (Å²) in [7, 11) is -5.73. The molecule has 0 saturated carbocycles. The van der Waals surface area contributed by atoms with Gasteiger partial charge in [-0.25, -0.2) is 0 Å². The van der Waals surface area contributed by atoms with Crippen molar-refractivity contribution in [1.29, 1.82) is 0 Å². The summed E-state index contributed by atoms with van der Waals surface area (Å²) in [4.78, 5) is 0.317. The van der Waals surface area contributed by atoms with Gasteiger partial charge in [-0.15, -0.1) is 0 Å². The van der Waals surface area contributed by atoms with Crippen molar-refractivity contribution in [2.75, 3.05) is 0 Å². The van der Waals surface area contributed by atoms with Gasteiger partial charge in [0.25, 0.3) is 10.1 Å². The summed E-state index contributed by atoms with van der Waals surface area (Å²) in [5.74, 6) is 0. The fourth-order valence-electron chi connectivity index (χ4n) is 1.56. The predicted molar refractivity (Wildman–Crippen MR) is 67.5 cm³/mol. The summed E-state index contributed by atoms with van der Waals surface area (Å²) in [6, 6.07) is 5.42. The Morgan fingerprint density at radius 1 is 1.06 bits per heavy atom. The molecule has 0 unspecified atom stereocenters. The molecule has 0 bridgehead atoms. The maximum Gasteiger partial charge on any atom is 0.287 e. The van der Waals surface area contributed by atoms with E-state index in [4.69, 9.17) is 3.87 Å². The van der Waals surface area contributed by atoms with Crippen molar-refractivity contribution in [3.63, 3.8) is 0 Å². The van der Waals surface area contributed by atoms with Crippen LogP contribution in [0.4, 0.5) is 0 Å². The van der Waals surface area contributed by atoms with Gasteiger partial charge in [-0.3, -0.25) is 0 Å². The maximum atomic E-state index is 12.1. The molecular weight excluding hydrogens is 240 g/mol. The van der Waals surface area contributed by atoms with Crippen LogP contribution in [0.2, 0.25) is 19.6 Å². The molecule has 1 rings (SSSR count). The van der Waals surface area contributed by atoms with E-state index in [1.807, 2.05) is 25.7 Å². The molecule has 0 fully saturated rings. The zero-order chi connectivity index (χ0) is 12.6. The smallest absolute Gasteiger partial charge is 0.287 e. The first kappa shape index (κ1) is 13.4. The highest BCUT2D eigenvalue weighted by Crippen LogP contribution is 2.24. The average molecular weight is 258 g/mol. The molecule has 0 N–H and O–H groups in total. The molecule has 0 amide bonds. The molecule has 0 spiro atoms. The Kier molecular flexibility index (Phi) is 3.61. The fraction of sp³-hybridized carbons (Fsp3) is 0.455. The van der Waals surface area contributed by atoms with Gasteiger partial charge in [0.15, 0.2) is 0 Å². The van der Waals surface area contributed by atoms with Gasteiger partial charge < -0.3 is 3.87 Å². The third-order valence-electron chi connectivity index (χ3n) is 2.02. The molecule has 0 aliphatic carbocycles. The summed E-state index contributed by atoms with van der Waals surface area (Å²) in [6.45, 7) is 9.15. The quantitative estimate of drug-likeness (QED) is 0.783. The van der Waals surface area contributed by atoms with E-state index in [9.17, 15) is 8.42 Å². The number of benzene rings is 1. The van der Waals surface area contributed by atoms with Gasteiger partial charge in [-0.2, -0.15) is 8.42 Å². The van der Waals surface area contributed by atoms with Crippen molar-refractivity contribution < 1.29 is 12.3 Å². The van der Waals surface area contributed by atoms with Gasteiger partial charge in [0, 0.05) is 0 Å². The number of hydrogen-bond acceptors (Lipinski definition) is 3. The molecule has 1 aromatic rings. The van der Waals surface area contributed by atoms with Crippen LogP contribution in [0.1, 0.15) is 11.1 Å². The van der Waals surface area contributed by atoms with Crippen molar-refractivity contribution in [3.05, 3.63) is 29.3 Å². The molecule has 1 aromatic carbocycles. The molecule has 5 heteroatoms. The van der Waals surface area contributed by atoms with Crippen LogP contribution in [0.3, 0.4) is 0 Å². The number of aryl methyl sites for hydroxylation is 2. The second-order valence-electron chi connectivity index (χ2n) is 4.87. The normalized spacial score (nSPS) is 12.8. The van der Waals surface area contributed by atoms with Gasteiger partial charge in [-0.1, -0.05) is 18.2 Å². The van der Waals surface area contributed by atoms with Gasteiger partial charge in [0.1, 0.15) is 0 Å². The van der Waals surface area contributed by atoms with Crippen LogP contribution >= 0.6 is 0 Å². The Bertz CT molecular complexity index is 466. The van der Waals surface area contributed by atoms with Gasteiger partial charge >= 0.3 is 0 Å². The summed E-state index contributed by atoms with van der Waals surface area (Å²) in [5, 5.41) is 0. The number of hydrogen-bond donors (Lipinski definition) is 0. The molecule has 0 saturated heterocycles. The first-order chi connectivity index (χ1) is 7.13. The van der Waals surface area contributed by atoms with E-state index in [-0.39, 0.29) is 0 Å². The van der Waals surface area contributed by atoms with Crippen LogP contribution in [0.5, 0.6) is 0 Å². The molecule has 0 aliphatic rings. The summed E-state index contributed by atoms with van der Waals surface area (Å²) in [6.07, 6.45) is 0. The third-order valence-corrected chi connectivity index (χ3v) is 6.04. The standard InChI is InChI=1S/C11H18O3SSi/c1-9-7-6-8-10(2)11(9)15(12,13)14-16(3,4)5/h6-8H,1-5H3.